The van der Waals surface area contributed by atoms with Crippen molar-refractivity contribution in [3.05, 3.63) is 76.8 Å². The summed E-state index contributed by atoms with van der Waals surface area (Å²) in [5, 5.41) is 5.69. The molecule has 0 saturated carbocycles. The molecule has 4 rings (SSSR count). The van der Waals surface area contributed by atoms with Crippen LogP contribution in [-0.4, -0.2) is 32.8 Å². The van der Waals surface area contributed by atoms with Crippen LogP contribution in [0, 0.1) is 6.92 Å². The van der Waals surface area contributed by atoms with Gasteiger partial charge in [0.05, 0.1) is 17.8 Å². The number of aryl methyl sites for hydroxylation is 2. The van der Waals surface area contributed by atoms with Gasteiger partial charge >= 0.3 is 5.97 Å². The lowest BCUT2D eigenvalue weighted by Crippen LogP contribution is -2.02. The lowest BCUT2D eigenvalue weighted by Gasteiger charge is -2.14. The standard InChI is InChI=1S/C24H21ClN4O3/c1-15-11-18(21-9-10-27-29(21)2)17-5-4-6-22(24(17)28-15)32-14-19-16(7-8-23(30)31-3)12-26-13-20(19)25/h4-13H,14H2,1-3H3/b8-7+. The molecule has 3 heterocycles. The molecule has 0 fully saturated rings. The Kier molecular flexibility index (Phi) is 6.18. The Morgan fingerprint density at radius 2 is 2.09 bits per heavy atom. The molecule has 0 aliphatic heterocycles. The Hall–Kier alpha value is -3.71. The SMILES string of the molecule is COC(=O)/C=C/c1cncc(Cl)c1COc1cccc2c(-c3ccnn3C)cc(C)nc12. The van der Waals surface area contributed by atoms with Crippen molar-refractivity contribution in [3.63, 3.8) is 0 Å². The maximum absolute atomic E-state index is 11.5. The predicted octanol–water partition coefficient (Wildman–Crippen LogP) is 4.76. The van der Waals surface area contributed by atoms with Crippen LogP contribution >= 0.6 is 11.6 Å². The van der Waals surface area contributed by atoms with E-state index in [9.17, 15) is 4.79 Å². The summed E-state index contributed by atoms with van der Waals surface area (Å²) in [5.74, 6) is 0.165. The summed E-state index contributed by atoms with van der Waals surface area (Å²) in [7, 11) is 3.23. The van der Waals surface area contributed by atoms with E-state index < -0.39 is 5.97 Å². The highest BCUT2D eigenvalue weighted by molar-refractivity contribution is 6.31. The molecule has 4 aromatic rings. The number of esters is 1. The van der Waals surface area contributed by atoms with Crippen LogP contribution in [0.3, 0.4) is 0 Å². The molecule has 0 unspecified atom stereocenters. The van der Waals surface area contributed by atoms with E-state index in [4.69, 9.17) is 21.3 Å². The summed E-state index contributed by atoms with van der Waals surface area (Å²) in [6.07, 6.45) is 7.86. The van der Waals surface area contributed by atoms with Crippen LogP contribution in [0.25, 0.3) is 28.2 Å². The number of hydrogen-bond donors (Lipinski definition) is 0. The van der Waals surface area contributed by atoms with Crippen molar-refractivity contribution in [2.24, 2.45) is 7.05 Å². The third-order valence-corrected chi connectivity index (χ3v) is 5.36. The summed E-state index contributed by atoms with van der Waals surface area (Å²) in [6, 6.07) is 9.83. The summed E-state index contributed by atoms with van der Waals surface area (Å²) in [6.45, 7) is 2.13. The van der Waals surface area contributed by atoms with Gasteiger partial charge in [0.15, 0.2) is 0 Å². The second-order valence-corrected chi connectivity index (χ2v) is 7.55. The molecule has 1 aromatic carbocycles. The molecule has 7 nitrogen and oxygen atoms in total. The van der Waals surface area contributed by atoms with Gasteiger partial charge in [0.1, 0.15) is 17.9 Å². The largest absolute Gasteiger partial charge is 0.487 e. The van der Waals surface area contributed by atoms with Gasteiger partial charge in [-0.1, -0.05) is 23.7 Å². The molecule has 0 saturated heterocycles. The number of rotatable bonds is 6. The number of fused-ring (bicyclic) bond motifs is 1. The minimum Gasteiger partial charge on any atom is -0.487 e. The predicted molar refractivity (Wildman–Crippen MR) is 123 cm³/mol. The van der Waals surface area contributed by atoms with Crippen LogP contribution in [0.5, 0.6) is 5.75 Å². The number of halogens is 1. The molecule has 0 radical (unpaired) electrons. The van der Waals surface area contributed by atoms with Gasteiger partial charge in [0, 0.05) is 59.5 Å². The first-order valence-corrected chi connectivity index (χ1v) is 10.3. The zero-order valence-corrected chi connectivity index (χ0v) is 18.6. The van der Waals surface area contributed by atoms with Gasteiger partial charge in [-0.25, -0.2) is 9.78 Å². The fourth-order valence-electron chi connectivity index (χ4n) is 3.47. The summed E-state index contributed by atoms with van der Waals surface area (Å²) < 4.78 is 12.7. The Morgan fingerprint density at radius 1 is 1.25 bits per heavy atom. The normalized spacial score (nSPS) is 11.2. The van der Waals surface area contributed by atoms with E-state index in [0.717, 1.165) is 27.9 Å². The van der Waals surface area contributed by atoms with Crippen LogP contribution in [0.2, 0.25) is 5.02 Å². The van der Waals surface area contributed by atoms with Crippen molar-refractivity contribution >= 4 is 34.5 Å². The first-order chi connectivity index (χ1) is 15.5. The van der Waals surface area contributed by atoms with Crippen LogP contribution in [-0.2, 0) is 23.2 Å². The molecule has 32 heavy (non-hydrogen) atoms. The van der Waals surface area contributed by atoms with Gasteiger partial charge in [-0.15, -0.1) is 0 Å². The number of methoxy groups -OCH3 is 1. The second kappa shape index (κ2) is 9.20. The van der Waals surface area contributed by atoms with E-state index in [1.807, 2.05) is 49.0 Å². The summed E-state index contributed by atoms with van der Waals surface area (Å²) in [4.78, 5) is 20.3. The fourth-order valence-corrected chi connectivity index (χ4v) is 3.69. The highest BCUT2D eigenvalue weighted by Gasteiger charge is 2.14. The van der Waals surface area contributed by atoms with E-state index in [0.29, 0.717) is 21.9 Å². The number of carbonyl (C=O) groups is 1. The Morgan fingerprint density at radius 3 is 2.84 bits per heavy atom. The highest BCUT2D eigenvalue weighted by atomic mass is 35.5. The lowest BCUT2D eigenvalue weighted by molar-refractivity contribution is -0.134. The maximum Gasteiger partial charge on any atom is 0.330 e. The zero-order chi connectivity index (χ0) is 22.7. The molecule has 0 amide bonds. The average Bonchev–Trinajstić information content (AvgIpc) is 3.22. The smallest absolute Gasteiger partial charge is 0.330 e. The van der Waals surface area contributed by atoms with Gasteiger partial charge in [-0.05, 0) is 31.2 Å². The number of aromatic nitrogens is 4. The third kappa shape index (κ3) is 4.33. The molecule has 0 spiro atoms. The molecule has 0 aliphatic carbocycles. The Bertz CT molecular complexity index is 1330. The first kappa shape index (κ1) is 21.5. The third-order valence-electron chi connectivity index (χ3n) is 5.04. The summed E-state index contributed by atoms with van der Waals surface area (Å²) in [5.41, 5.74) is 5.02. The molecule has 8 heteroatoms. The number of benzene rings is 1. The summed E-state index contributed by atoms with van der Waals surface area (Å²) >= 11 is 6.38. The lowest BCUT2D eigenvalue weighted by atomic mass is 10.0. The number of pyridine rings is 2. The van der Waals surface area contributed by atoms with Crippen molar-refractivity contribution < 1.29 is 14.3 Å². The maximum atomic E-state index is 11.5. The van der Waals surface area contributed by atoms with Crippen LogP contribution in [0.4, 0.5) is 0 Å². The van der Waals surface area contributed by atoms with Crippen LogP contribution in [0.1, 0.15) is 16.8 Å². The Balaban J connectivity index is 1.72. The molecule has 3 aromatic heterocycles. The fraction of sp³-hybridized carbons (Fsp3) is 0.167. The number of hydrogen-bond acceptors (Lipinski definition) is 6. The van der Waals surface area contributed by atoms with Gasteiger partial charge in [0.25, 0.3) is 0 Å². The van der Waals surface area contributed by atoms with Crippen LogP contribution < -0.4 is 4.74 Å². The van der Waals surface area contributed by atoms with E-state index in [2.05, 4.69) is 14.8 Å². The number of nitrogens with zero attached hydrogens (tertiary/aromatic N) is 4. The van der Waals surface area contributed by atoms with E-state index in [1.165, 1.54) is 13.2 Å². The number of para-hydroxylation sites is 1. The molecular weight excluding hydrogens is 428 g/mol. The molecular formula is C24H21ClN4O3. The van der Waals surface area contributed by atoms with E-state index in [-0.39, 0.29) is 6.61 Å². The van der Waals surface area contributed by atoms with Gasteiger partial charge in [-0.2, -0.15) is 5.10 Å². The minimum atomic E-state index is -0.465. The highest BCUT2D eigenvalue weighted by Crippen LogP contribution is 2.33. The molecule has 162 valence electrons. The average molecular weight is 449 g/mol. The quantitative estimate of drug-likeness (QED) is 0.312. The van der Waals surface area contributed by atoms with Crippen molar-refractivity contribution in [3.8, 4) is 17.0 Å². The topological polar surface area (TPSA) is 79.1 Å². The molecule has 0 bridgehead atoms. The number of carbonyl (C=O) groups excluding carboxylic acids is 1. The Labute approximate surface area is 190 Å². The molecule has 0 aliphatic rings. The van der Waals surface area contributed by atoms with Gasteiger partial charge < -0.3 is 9.47 Å². The first-order valence-electron chi connectivity index (χ1n) is 9.88. The van der Waals surface area contributed by atoms with Gasteiger partial charge in [-0.3, -0.25) is 9.67 Å². The van der Waals surface area contributed by atoms with E-state index >= 15 is 0 Å². The van der Waals surface area contributed by atoms with Crippen molar-refractivity contribution in [2.75, 3.05) is 7.11 Å². The van der Waals surface area contributed by atoms with Crippen molar-refractivity contribution in [1.29, 1.82) is 0 Å². The zero-order valence-electron chi connectivity index (χ0n) is 17.9. The van der Waals surface area contributed by atoms with Crippen molar-refractivity contribution in [1.82, 2.24) is 19.7 Å². The molecule has 0 atom stereocenters. The number of ether oxygens (including phenoxy) is 2. The minimum absolute atomic E-state index is 0.179. The second-order valence-electron chi connectivity index (χ2n) is 7.14. The molecule has 0 N–H and O–H groups in total. The van der Waals surface area contributed by atoms with Crippen molar-refractivity contribution in [2.45, 2.75) is 13.5 Å². The van der Waals surface area contributed by atoms with E-state index in [1.54, 1.807) is 24.7 Å². The monoisotopic (exact) mass is 448 g/mol. The van der Waals surface area contributed by atoms with Crippen LogP contribution in [0.15, 0.2) is 55.0 Å². The van der Waals surface area contributed by atoms with Gasteiger partial charge in [0.2, 0.25) is 0 Å².